The monoisotopic (exact) mass is 479 g/mol. The molecule has 0 aliphatic heterocycles. The highest BCUT2D eigenvalue weighted by Gasteiger charge is 2.32. The number of hydrogen-bond donors (Lipinski definition) is 7. The Hall–Kier alpha value is -1.99. The summed E-state index contributed by atoms with van der Waals surface area (Å²) in [6.07, 6.45) is 2.21. The quantitative estimate of drug-likeness (QED) is 0.137. The third-order valence-electron chi connectivity index (χ3n) is 4.60. The zero-order valence-electron chi connectivity index (χ0n) is 17.9. The molecule has 0 spiro atoms. The summed E-state index contributed by atoms with van der Waals surface area (Å²) in [6, 6.07) is -4.46. The number of aliphatic carboxylic acids is 1. The van der Waals surface area contributed by atoms with Gasteiger partial charge in [-0.15, -0.1) is 0 Å². The van der Waals surface area contributed by atoms with Gasteiger partial charge < -0.3 is 32.5 Å². The Bertz CT molecular complexity index is 651. The Balaban J connectivity index is 5.28. The van der Waals surface area contributed by atoms with Gasteiger partial charge in [0.2, 0.25) is 23.6 Å². The first-order chi connectivity index (χ1) is 14.5. The van der Waals surface area contributed by atoms with Crippen molar-refractivity contribution in [1.29, 1.82) is 0 Å². The highest BCUT2D eigenvalue weighted by molar-refractivity contribution is 7.98. The predicted octanol–water partition coefficient (Wildman–Crippen LogP) is -1.54. The molecule has 0 aromatic heterocycles. The standard InChI is InChI=1S/C18H33N5O6S2/c1-4-9(2)14(17(27)21-11(18(28)29)7-13(20)24)23-16(26)12(8-30)22-15(25)10(19)5-6-31-3/h9-12,14,30H,4-8,19H2,1-3H3,(H2,20,24)(H,21,27)(H,22,25)(H,23,26)(H,28,29). The SMILES string of the molecule is CCC(C)C(NC(=O)C(CS)NC(=O)C(N)CCSC)C(=O)NC(CC(N)=O)C(=O)O. The molecule has 0 radical (unpaired) electrons. The molecule has 4 amide bonds. The van der Waals surface area contributed by atoms with Crippen molar-refractivity contribution in [2.75, 3.05) is 17.8 Å². The maximum absolute atomic E-state index is 12.7. The third kappa shape index (κ3) is 10.7. The predicted molar refractivity (Wildman–Crippen MR) is 122 cm³/mol. The van der Waals surface area contributed by atoms with E-state index in [1.165, 1.54) is 11.8 Å². The second-order valence-electron chi connectivity index (χ2n) is 7.07. The average molecular weight is 480 g/mol. The number of primary amides is 1. The Morgan fingerprint density at radius 2 is 1.61 bits per heavy atom. The van der Waals surface area contributed by atoms with Gasteiger partial charge in [0.25, 0.3) is 0 Å². The van der Waals surface area contributed by atoms with E-state index in [0.717, 1.165) is 0 Å². The van der Waals surface area contributed by atoms with Gasteiger partial charge in [-0.1, -0.05) is 20.3 Å². The van der Waals surface area contributed by atoms with E-state index in [2.05, 4.69) is 28.6 Å². The molecule has 0 bridgehead atoms. The zero-order chi connectivity index (χ0) is 24.1. The van der Waals surface area contributed by atoms with Crippen LogP contribution in [0.3, 0.4) is 0 Å². The van der Waals surface area contributed by atoms with E-state index in [9.17, 15) is 29.1 Å². The van der Waals surface area contributed by atoms with Crippen LogP contribution in [0.15, 0.2) is 0 Å². The van der Waals surface area contributed by atoms with Gasteiger partial charge in [0.15, 0.2) is 0 Å². The number of amides is 4. The van der Waals surface area contributed by atoms with Crippen molar-refractivity contribution in [2.24, 2.45) is 17.4 Å². The molecule has 0 saturated carbocycles. The fraction of sp³-hybridized carbons (Fsp3) is 0.722. The summed E-state index contributed by atoms with van der Waals surface area (Å²) in [5, 5.41) is 16.5. The molecular weight excluding hydrogens is 446 g/mol. The molecule has 0 aliphatic carbocycles. The lowest BCUT2D eigenvalue weighted by molar-refractivity contribution is -0.144. The number of carboxylic acid groups (broad SMARTS) is 1. The second-order valence-corrected chi connectivity index (χ2v) is 8.42. The third-order valence-corrected chi connectivity index (χ3v) is 5.61. The van der Waals surface area contributed by atoms with Crippen molar-refractivity contribution in [3.8, 4) is 0 Å². The fourth-order valence-electron chi connectivity index (χ4n) is 2.47. The van der Waals surface area contributed by atoms with E-state index in [1.54, 1.807) is 13.8 Å². The zero-order valence-corrected chi connectivity index (χ0v) is 19.6. The summed E-state index contributed by atoms with van der Waals surface area (Å²) in [5.74, 6) is -4.01. The number of carbonyl (C=O) groups is 5. The molecule has 8 N–H and O–H groups in total. The van der Waals surface area contributed by atoms with E-state index < -0.39 is 60.2 Å². The number of nitrogens with two attached hydrogens (primary N) is 2. The molecule has 11 nitrogen and oxygen atoms in total. The molecule has 0 aromatic carbocycles. The van der Waals surface area contributed by atoms with Crippen LogP contribution in [0.1, 0.15) is 33.1 Å². The minimum Gasteiger partial charge on any atom is -0.480 e. The molecule has 0 aliphatic rings. The van der Waals surface area contributed by atoms with Gasteiger partial charge in [0, 0.05) is 5.75 Å². The lowest BCUT2D eigenvalue weighted by atomic mass is 9.97. The van der Waals surface area contributed by atoms with Crippen LogP contribution in [-0.4, -0.2) is 76.6 Å². The van der Waals surface area contributed by atoms with Gasteiger partial charge in [-0.05, 0) is 24.3 Å². The molecule has 5 unspecified atom stereocenters. The highest BCUT2D eigenvalue weighted by Crippen LogP contribution is 2.10. The average Bonchev–Trinajstić information content (AvgIpc) is 2.71. The van der Waals surface area contributed by atoms with E-state index in [0.29, 0.717) is 18.6 Å². The van der Waals surface area contributed by atoms with Crippen molar-refractivity contribution < 1.29 is 29.1 Å². The van der Waals surface area contributed by atoms with Gasteiger partial charge in [-0.25, -0.2) is 4.79 Å². The fourth-order valence-corrected chi connectivity index (χ4v) is 3.21. The summed E-state index contributed by atoms with van der Waals surface area (Å²) < 4.78 is 0. The van der Waals surface area contributed by atoms with Gasteiger partial charge in [-0.3, -0.25) is 19.2 Å². The van der Waals surface area contributed by atoms with Crippen LogP contribution < -0.4 is 27.4 Å². The van der Waals surface area contributed by atoms with Crippen molar-refractivity contribution in [1.82, 2.24) is 16.0 Å². The van der Waals surface area contributed by atoms with Crippen LogP contribution in [-0.2, 0) is 24.0 Å². The molecule has 178 valence electrons. The number of hydrogen-bond acceptors (Lipinski definition) is 8. The van der Waals surface area contributed by atoms with Gasteiger partial charge >= 0.3 is 5.97 Å². The van der Waals surface area contributed by atoms with Crippen LogP contribution in [0.2, 0.25) is 0 Å². The summed E-state index contributed by atoms with van der Waals surface area (Å²) in [7, 11) is 0. The van der Waals surface area contributed by atoms with Crippen LogP contribution in [0, 0.1) is 5.92 Å². The Kier molecular flexibility index (Phi) is 14.0. The van der Waals surface area contributed by atoms with Crippen LogP contribution in [0.5, 0.6) is 0 Å². The lowest BCUT2D eigenvalue weighted by Crippen LogP contribution is -2.59. The van der Waals surface area contributed by atoms with Crippen LogP contribution >= 0.6 is 24.4 Å². The summed E-state index contributed by atoms with van der Waals surface area (Å²) in [6.45, 7) is 3.48. The van der Waals surface area contributed by atoms with Crippen LogP contribution in [0.25, 0.3) is 0 Å². The lowest BCUT2D eigenvalue weighted by Gasteiger charge is -2.27. The van der Waals surface area contributed by atoms with Gasteiger partial charge in [0.05, 0.1) is 12.5 Å². The van der Waals surface area contributed by atoms with Crippen LogP contribution in [0.4, 0.5) is 0 Å². The number of carboxylic acids is 1. The maximum Gasteiger partial charge on any atom is 0.326 e. The van der Waals surface area contributed by atoms with E-state index in [4.69, 9.17) is 11.5 Å². The molecule has 13 heteroatoms. The molecule has 0 heterocycles. The number of carbonyl (C=O) groups excluding carboxylic acids is 4. The molecule has 5 atom stereocenters. The molecule has 31 heavy (non-hydrogen) atoms. The van der Waals surface area contributed by atoms with Crippen molar-refractivity contribution in [3.63, 3.8) is 0 Å². The summed E-state index contributed by atoms with van der Waals surface area (Å²) >= 11 is 5.62. The Morgan fingerprint density at radius 3 is 2.06 bits per heavy atom. The molecular formula is C18H33N5O6S2. The van der Waals surface area contributed by atoms with Gasteiger partial charge in [0.1, 0.15) is 18.1 Å². The molecule has 0 fully saturated rings. The minimum absolute atomic E-state index is 0.0406. The number of nitrogens with one attached hydrogen (secondary N) is 3. The smallest absolute Gasteiger partial charge is 0.326 e. The Labute approximate surface area is 191 Å². The molecule has 0 aromatic rings. The number of rotatable bonds is 15. The first-order valence-electron chi connectivity index (χ1n) is 9.75. The molecule has 0 saturated heterocycles. The van der Waals surface area contributed by atoms with Crippen molar-refractivity contribution in [2.45, 2.75) is 57.3 Å². The Morgan fingerprint density at radius 1 is 1.03 bits per heavy atom. The highest BCUT2D eigenvalue weighted by atomic mass is 32.2. The van der Waals surface area contributed by atoms with Crippen molar-refractivity contribution in [3.05, 3.63) is 0 Å². The molecule has 0 rings (SSSR count). The maximum atomic E-state index is 12.7. The first-order valence-corrected chi connectivity index (χ1v) is 11.8. The number of thioether (sulfide) groups is 1. The first kappa shape index (κ1) is 29.0. The second kappa shape index (κ2) is 14.9. The minimum atomic E-state index is -1.52. The summed E-state index contributed by atoms with van der Waals surface area (Å²) in [4.78, 5) is 59.9. The normalized spacial score (nSPS) is 15.6. The van der Waals surface area contributed by atoms with Gasteiger partial charge in [-0.2, -0.15) is 24.4 Å². The van der Waals surface area contributed by atoms with E-state index in [1.807, 2.05) is 6.26 Å². The largest absolute Gasteiger partial charge is 0.480 e. The van der Waals surface area contributed by atoms with Crippen molar-refractivity contribution >= 4 is 54.0 Å². The van der Waals surface area contributed by atoms with E-state index in [-0.39, 0.29) is 11.7 Å². The summed E-state index contributed by atoms with van der Waals surface area (Å²) in [5.41, 5.74) is 10.8. The number of thiol groups is 1. The van der Waals surface area contributed by atoms with E-state index >= 15 is 0 Å². The topological polar surface area (TPSA) is 194 Å².